The van der Waals surface area contributed by atoms with E-state index in [4.69, 9.17) is 10.2 Å². The topological polar surface area (TPSA) is 103 Å². The summed E-state index contributed by atoms with van der Waals surface area (Å²) in [6, 6.07) is 6.51. The summed E-state index contributed by atoms with van der Waals surface area (Å²) in [5.41, 5.74) is 8.07. The molecule has 0 aliphatic heterocycles. The number of hydrogen-bond acceptors (Lipinski definition) is 6. The first kappa shape index (κ1) is 13.0. The summed E-state index contributed by atoms with van der Waals surface area (Å²) in [6.07, 6.45) is 1.85. The lowest BCUT2D eigenvalue weighted by Gasteiger charge is -2.12. The van der Waals surface area contributed by atoms with Gasteiger partial charge in [0.05, 0.1) is 11.8 Å². The maximum absolute atomic E-state index is 10.7. The van der Waals surface area contributed by atoms with E-state index in [2.05, 4.69) is 4.98 Å². The molecule has 0 amide bonds. The number of fused-ring (bicyclic) bond motifs is 1. The molecule has 0 unspecified atom stereocenters. The Hall–Kier alpha value is -3.03. The van der Waals surface area contributed by atoms with E-state index in [1.54, 1.807) is 4.40 Å². The molecule has 0 fully saturated rings. The van der Waals surface area contributed by atoms with Crippen LogP contribution in [0.25, 0.3) is 17.1 Å². The van der Waals surface area contributed by atoms with Crippen LogP contribution in [0.3, 0.4) is 0 Å². The summed E-state index contributed by atoms with van der Waals surface area (Å²) in [4.78, 5) is 16.4. The zero-order chi connectivity index (χ0) is 15.1. The molecule has 8 nitrogen and oxygen atoms in total. The molecule has 0 saturated heterocycles. The Labute approximate surface area is 119 Å². The third-order valence-corrected chi connectivity index (χ3v) is 3.16. The minimum absolute atomic E-state index is 0.273. The summed E-state index contributed by atoms with van der Waals surface area (Å²) in [5.74, 6) is 0.308. The first-order chi connectivity index (χ1) is 9.97. The standard InChI is InChI=1S/C13H13N5O3/c1-16(2)8-3-5-10-15-12(13(14)17(10)7-8)9-4-6-11(21-9)18(19)20/h3-7H,14H2,1-2H3. The highest BCUT2D eigenvalue weighted by Gasteiger charge is 2.19. The fraction of sp³-hybridized carbons (Fsp3) is 0.154. The lowest BCUT2D eigenvalue weighted by Crippen LogP contribution is -2.09. The number of pyridine rings is 1. The van der Waals surface area contributed by atoms with Gasteiger partial charge in [-0.1, -0.05) is 0 Å². The number of aromatic nitrogens is 2. The molecular weight excluding hydrogens is 274 g/mol. The van der Waals surface area contributed by atoms with Crippen molar-refractivity contribution in [1.82, 2.24) is 9.38 Å². The molecular formula is C13H13N5O3. The Balaban J connectivity index is 2.14. The van der Waals surface area contributed by atoms with Crippen molar-refractivity contribution in [2.45, 2.75) is 0 Å². The molecule has 0 saturated carbocycles. The molecule has 3 aromatic heterocycles. The molecule has 21 heavy (non-hydrogen) atoms. The number of nitrogens with zero attached hydrogens (tertiary/aromatic N) is 4. The van der Waals surface area contributed by atoms with Gasteiger partial charge in [0.1, 0.15) is 22.1 Å². The molecule has 0 bridgehead atoms. The van der Waals surface area contributed by atoms with Gasteiger partial charge in [-0.2, -0.15) is 0 Å². The maximum Gasteiger partial charge on any atom is 0.433 e. The Bertz CT molecular complexity index is 834. The number of hydrogen-bond donors (Lipinski definition) is 1. The Morgan fingerprint density at radius 1 is 1.33 bits per heavy atom. The molecule has 2 N–H and O–H groups in total. The van der Waals surface area contributed by atoms with Crippen LogP contribution in [0.15, 0.2) is 34.9 Å². The second-order valence-electron chi connectivity index (χ2n) is 4.75. The number of nitro groups is 1. The molecule has 0 aliphatic carbocycles. The van der Waals surface area contributed by atoms with Gasteiger partial charge in [-0.25, -0.2) is 4.98 Å². The predicted octanol–water partition coefficient (Wildman–Crippen LogP) is 2.15. The van der Waals surface area contributed by atoms with Gasteiger partial charge >= 0.3 is 5.88 Å². The summed E-state index contributed by atoms with van der Waals surface area (Å²) >= 11 is 0. The third-order valence-electron chi connectivity index (χ3n) is 3.16. The molecule has 108 valence electrons. The average molecular weight is 287 g/mol. The van der Waals surface area contributed by atoms with Crippen molar-refractivity contribution in [3.63, 3.8) is 0 Å². The van der Waals surface area contributed by atoms with Crippen LogP contribution in [0.4, 0.5) is 17.4 Å². The first-order valence-corrected chi connectivity index (χ1v) is 6.17. The van der Waals surface area contributed by atoms with Crippen molar-refractivity contribution in [3.8, 4) is 11.5 Å². The highest BCUT2D eigenvalue weighted by atomic mass is 16.6. The number of nitrogen functional groups attached to an aromatic ring is 1. The molecule has 0 radical (unpaired) electrons. The Kier molecular flexibility index (Phi) is 2.79. The van der Waals surface area contributed by atoms with Crippen molar-refractivity contribution in [2.75, 3.05) is 24.7 Å². The van der Waals surface area contributed by atoms with Gasteiger partial charge in [0, 0.05) is 20.3 Å². The van der Waals surface area contributed by atoms with E-state index in [1.165, 1.54) is 12.1 Å². The van der Waals surface area contributed by atoms with E-state index in [1.807, 2.05) is 37.3 Å². The van der Waals surface area contributed by atoms with Crippen LogP contribution in [-0.2, 0) is 0 Å². The van der Waals surface area contributed by atoms with Crippen LogP contribution < -0.4 is 10.6 Å². The van der Waals surface area contributed by atoms with Gasteiger partial charge < -0.3 is 15.1 Å². The SMILES string of the molecule is CN(C)c1ccc2nc(-c3ccc([N+](=O)[O-])o3)c(N)n2c1. The average Bonchev–Trinajstić information content (AvgIpc) is 3.03. The van der Waals surface area contributed by atoms with E-state index in [-0.39, 0.29) is 11.6 Å². The lowest BCUT2D eigenvalue weighted by atomic mass is 10.3. The number of rotatable bonds is 3. The van der Waals surface area contributed by atoms with Crippen molar-refractivity contribution in [1.29, 1.82) is 0 Å². The van der Waals surface area contributed by atoms with Crippen molar-refractivity contribution >= 4 is 23.0 Å². The number of furan rings is 1. The van der Waals surface area contributed by atoms with Gasteiger partial charge in [-0.05, 0) is 18.2 Å². The monoisotopic (exact) mass is 287 g/mol. The Morgan fingerprint density at radius 3 is 2.71 bits per heavy atom. The van der Waals surface area contributed by atoms with Crippen molar-refractivity contribution < 1.29 is 9.34 Å². The van der Waals surface area contributed by atoms with Crippen molar-refractivity contribution in [2.24, 2.45) is 0 Å². The highest BCUT2D eigenvalue weighted by Crippen LogP contribution is 2.31. The first-order valence-electron chi connectivity index (χ1n) is 6.17. The maximum atomic E-state index is 10.7. The largest absolute Gasteiger partial charge is 0.433 e. The zero-order valence-corrected chi connectivity index (χ0v) is 11.5. The summed E-state index contributed by atoms with van der Waals surface area (Å²) in [5, 5.41) is 10.7. The van der Waals surface area contributed by atoms with E-state index >= 15 is 0 Å². The van der Waals surface area contributed by atoms with Crippen LogP contribution in [0, 0.1) is 10.1 Å². The minimum atomic E-state index is -0.598. The molecule has 8 heteroatoms. The van der Waals surface area contributed by atoms with E-state index in [0.29, 0.717) is 17.2 Å². The normalized spacial score (nSPS) is 11.0. The minimum Gasteiger partial charge on any atom is -0.399 e. The molecule has 0 aliphatic rings. The smallest absolute Gasteiger partial charge is 0.399 e. The number of nitrogens with two attached hydrogens (primary N) is 1. The summed E-state index contributed by atoms with van der Waals surface area (Å²) < 4.78 is 6.88. The third kappa shape index (κ3) is 2.06. The van der Waals surface area contributed by atoms with Crippen LogP contribution in [-0.4, -0.2) is 28.4 Å². The van der Waals surface area contributed by atoms with Crippen LogP contribution in [0.5, 0.6) is 0 Å². The highest BCUT2D eigenvalue weighted by molar-refractivity contribution is 5.73. The molecule has 3 heterocycles. The van der Waals surface area contributed by atoms with E-state index in [9.17, 15) is 10.1 Å². The lowest BCUT2D eigenvalue weighted by molar-refractivity contribution is -0.401. The summed E-state index contributed by atoms with van der Waals surface area (Å²) in [6.45, 7) is 0. The van der Waals surface area contributed by atoms with Crippen LogP contribution >= 0.6 is 0 Å². The van der Waals surface area contributed by atoms with Gasteiger partial charge in [0.15, 0.2) is 5.76 Å². The van der Waals surface area contributed by atoms with Crippen LogP contribution in [0.1, 0.15) is 0 Å². The van der Waals surface area contributed by atoms with E-state index < -0.39 is 4.92 Å². The number of imidazole rings is 1. The number of anilines is 2. The Morgan fingerprint density at radius 2 is 2.10 bits per heavy atom. The van der Waals surface area contributed by atoms with Crippen molar-refractivity contribution in [3.05, 3.63) is 40.6 Å². The molecule has 3 rings (SSSR count). The molecule has 3 aromatic rings. The van der Waals surface area contributed by atoms with Crippen LogP contribution in [0.2, 0.25) is 0 Å². The van der Waals surface area contributed by atoms with E-state index in [0.717, 1.165) is 5.69 Å². The quantitative estimate of drug-likeness (QED) is 0.584. The molecule has 0 spiro atoms. The van der Waals surface area contributed by atoms with Gasteiger partial charge in [-0.15, -0.1) is 0 Å². The van der Waals surface area contributed by atoms with Gasteiger partial charge in [0.25, 0.3) is 0 Å². The zero-order valence-electron chi connectivity index (χ0n) is 11.5. The second-order valence-corrected chi connectivity index (χ2v) is 4.75. The predicted molar refractivity (Wildman–Crippen MR) is 78.3 cm³/mol. The fourth-order valence-electron chi connectivity index (χ4n) is 2.05. The molecule has 0 aromatic carbocycles. The van der Waals surface area contributed by atoms with Gasteiger partial charge in [-0.3, -0.25) is 14.5 Å². The second kappa shape index (κ2) is 4.51. The summed E-state index contributed by atoms with van der Waals surface area (Å²) in [7, 11) is 3.84. The van der Waals surface area contributed by atoms with Gasteiger partial charge in [0.2, 0.25) is 0 Å². The fourth-order valence-corrected chi connectivity index (χ4v) is 2.05. The molecule has 0 atom stereocenters.